The van der Waals surface area contributed by atoms with Gasteiger partial charge in [0, 0.05) is 17.1 Å². The molecule has 3 saturated carbocycles. The number of nitrogens with zero attached hydrogens (tertiary/aromatic N) is 1. The number of amides is 2. The van der Waals surface area contributed by atoms with Crippen molar-refractivity contribution in [2.45, 2.75) is 96.7 Å². The SMILES string of the molecule is COC(=O)C12CCC(N3C=C4C(C)C(C)(C)OCC4(c4ccc(CCC(C)(C)C)c(Cl)c4)NC3=O)(C1)C2. The topological polar surface area (TPSA) is 67.9 Å². The van der Waals surface area contributed by atoms with Gasteiger partial charge in [-0.25, -0.2) is 4.79 Å². The third-order valence-corrected chi connectivity index (χ3v) is 10.0. The van der Waals surface area contributed by atoms with Gasteiger partial charge < -0.3 is 14.8 Å². The van der Waals surface area contributed by atoms with E-state index >= 15 is 0 Å². The first-order valence-electron chi connectivity index (χ1n) is 13.5. The van der Waals surface area contributed by atoms with Crippen molar-refractivity contribution in [1.82, 2.24) is 10.2 Å². The van der Waals surface area contributed by atoms with E-state index < -0.39 is 11.0 Å². The summed E-state index contributed by atoms with van der Waals surface area (Å²) >= 11 is 6.83. The third kappa shape index (κ3) is 4.10. The van der Waals surface area contributed by atoms with Crippen molar-refractivity contribution in [2.75, 3.05) is 13.7 Å². The number of hydrogen-bond donors (Lipinski definition) is 1. The molecule has 2 bridgehead atoms. The number of benzene rings is 1. The number of fused-ring (bicyclic) bond motifs is 2. The molecule has 0 radical (unpaired) electrons. The molecule has 1 aromatic carbocycles. The number of esters is 1. The predicted octanol–water partition coefficient (Wildman–Crippen LogP) is 6.35. The quantitative estimate of drug-likeness (QED) is 0.452. The van der Waals surface area contributed by atoms with Crippen LogP contribution in [-0.2, 0) is 26.2 Å². The average molecular weight is 529 g/mol. The van der Waals surface area contributed by atoms with Crippen LogP contribution in [0.25, 0.3) is 0 Å². The summed E-state index contributed by atoms with van der Waals surface area (Å²) in [5, 5.41) is 4.09. The van der Waals surface area contributed by atoms with Crippen LogP contribution in [-0.4, -0.2) is 41.8 Å². The van der Waals surface area contributed by atoms with E-state index in [1.54, 1.807) is 0 Å². The predicted molar refractivity (Wildman–Crippen MR) is 144 cm³/mol. The largest absolute Gasteiger partial charge is 0.469 e. The molecule has 1 saturated heterocycles. The van der Waals surface area contributed by atoms with Crippen molar-refractivity contribution in [3.63, 3.8) is 0 Å². The fourth-order valence-corrected chi connectivity index (χ4v) is 7.28. The molecule has 2 heterocycles. The highest BCUT2D eigenvalue weighted by atomic mass is 35.5. The maximum Gasteiger partial charge on any atom is 0.322 e. The molecule has 37 heavy (non-hydrogen) atoms. The van der Waals surface area contributed by atoms with E-state index in [1.807, 2.05) is 11.0 Å². The van der Waals surface area contributed by atoms with Crippen molar-refractivity contribution < 1.29 is 19.1 Å². The summed E-state index contributed by atoms with van der Waals surface area (Å²) in [5.41, 5.74) is 1.46. The lowest BCUT2D eigenvalue weighted by Crippen LogP contribution is -2.68. The highest BCUT2D eigenvalue weighted by Crippen LogP contribution is 2.65. The number of rotatable bonds is 5. The molecule has 7 heteroatoms. The first-order chi connectivity index (χ1) is 17.2. The van der Waals surface area contributed by atoms with Crippen molar-refractivity contribution in [3.05, 3.63) is 46.1 Å². The zero-order valence-electron chi connectivity index (χ0n) is 23.3. The Morgan fingerprint density at radius 1 is 1.24 bits per heavy atom. The van der Waals surface area contributed by atoms with Crippen LogP contribution in [0.5, 0.6) is 0 Å². The lowest BCUT2D eigenvalue weighted by atomic mass is 9.63. The van der Waals surface area contributed by atoms with E-state index in [0.717, 1.165) is 47.4 Å². The van der Waals surface area contributed by atoms with Crippen LogP contribution in [0.15, 0.2) is 30.0 Å². The summed E-state index contributed by atoms with van der Waals surface area (Å²) in [4.78, 5) is 28.1. The van der Waals surface area contributed by atoms with Crippen LogP contribution in [0.3, 0.4) is 0 Å². The highest BCUT2D eigenvalue weighted by Gasteiger charge is 2.69. The molecule has 3 aliphatic carbocycles. The van der Waals surface area contributed by atoms with Gasteiger partial charge in [-0.3, -0.25) is 9.69 Å². The molecule has 6 nitrogen and oxygen atoms in total. The number of methoxy groups -OCH3 is 1. The average Bonchev–Trinajstić information content (AvgIpc) is 3.38. The smallest absolute Gasteiger partial charge is 0.322 e. The highest BCUT2D eigenvalue weighted by molar-refractivity contribution is 6.31. The zero-order chi connectivity index (χ0) is 27.0. The minimum absolute atomic E-state index is 0.0481. The van der Waals surface area contributed by atoms with E-state index in [0.29, 0.717) is 19.4 Å². The van der Waals surface area contributed by atoms with Crippen molar-refractivity contribution in [2.24, 2.45) is 16.7 Å². The van der Waals surface area contributed by atoms with E-state index in [4.69, 9.17) is 21.1 Å². The van der Waals surface area contributed by atoms with E-state index in [1.165, 1.54) is 7.11 Å². The second-order valence-corrected chi connectivity index (χ2v) is 14.0. The first-order valence-corrected chi connectivity index (χ1v) is 13.9. The van der Waals surface area contributed by atoms with Gasteiger partial charge in [0.15, 0.2) is 0 Å². The lowest BCUT2D eigenvalue weighted by molar-refractivity contribution is -0.160. The van der Waals surface area contributed by atoms with Crippen molar-refractivity contribution in [3.8, 4) is 0 Å². The minimum Gasteiger partial charge on any atom is -0.469 e. The second kappa shape index (κ2) is 8.47. The Hall–Kier alpha value is -2.05. The van der Waals surface area contributed by atoms with Crippen molar-refractivity contribution >= 4 is 23.6 Å². The minimum atomic E-state index is -0.785. The second-order valence-electron chi connectivity index (χ2n) is 13.6. The summed E-state index contributed by atoms with van der Waals surface area (Å²) in [5.74, 6) is -0.103. The molecule has 202 valence electrons. The van der Waals surface area contributed by atoms with Gasteiger partial charge in [-0.2, -0.15) is 0 Å². The van der Waals surface area contributed by atoms with Crippen LogP contribution in [0.2, 0.25) is 5.02 Å². The molecule has 0 aromatic heterocycles. The number of halogens is 1. The summed E-state index contributed by atoms with van der Waals surface area (Å²) in [7, 11) is 1.45. The van der Waals surface area contributed by atoms with Crippen LogP contribution in [0, 0.1) is 16.7 Å². The van der Waals surface area contributed by atoms with E-state index in [2.05, 4.69) is 65.2 Å². The van der Waals surface area contributed by atoms with Crippen LogP contribution in [0.4, 0.5) is 4.79 Å². The zero-order valence-corrected chi connectivity index (χ0v) is 24.1. The Bertz CT molecular complexity index is 1160. The van der Waals surface area contributed by atoms with Gasteiger partial charge in [-0.05, 0) is 80.6 Å². The Balaban J connectivity index is 1.52. The number of nitrogens with one attached hydrogen (secondary N) is 1. The normalized spacial score (nSPS) is 34.3. The summed E-state index contributed by atoms with van der Waals surface area (Å²) in [6.07, 6.45) is 6.88. The molecule has 2 aliphatic heterocycles. The summed E-state index contributed by atoms with van der Waals surface area (Å²) in [6.45, 7) is 13.4. The van der Waals surface area contributed by atoms with Gasteiger partial charge in [-0.1, -0.05) is 51.4 Å². The molecular weight excluding hydrogens is 488 g/mol. The maximum atomic E-state index is 13.8. The van der Waals surface area contributed by atoms with Gasteiger partial charge >= 0.3 is 12.0 Å². The van der Waals surface area contributed by atoms with Gasteiger partial charge in [0.25, 0.3) is 0 Å². The number of carbonyl (C=O) groups excluding carboxylic acids is 2. The molecule has 2 amide bonds. The van der Waals surface area contributed by atoms with E-state index in [9.17, 15) is 9.59 Å². The fourth-order valence-electron chi connectivity index (χ4n) is 7.00. The molecule has 5 aliphatic rings. The van der Waals surface area contributed by atoms with Crippen LogP contribution >= 0.6 is 11.6 Å². The Labute approximate surface area is 226 Å². The molecular formula is C30H41ClN2O4. The molecule has 2 unspecified atom stereocenters. The molecule has 4 fully saturated rings. The molecule has 0 spiro atoms. The van der Waals surface area contributed by atoms with Crippen LogP contribution < -0.4 is 5.32 Å². The van der Waals surface area contributed by atoms with Crippen molar-refractivity contribution in [1.29, 1.82) is 0 Å². The molecule has 2 atom stereocenters. The Morgan fingerprint density at radius 2 is 1.95 bits per heavy atom. The number of urea groups is 1. The van der Waals surface area contributed by atoms with E-state index in [-0.39, 0.29) is 34.5 Å². The first kappa shape index (κ1) is 26.6. The van der Waals surface area contributed by atoms with Gasteiger partial charge in [0.1, 0.15) is 5.54 Å². The Morgan fingerprint density at radius 3 is 2.57 bits per heavy atom. The van der Waals surface area contributed by atoms with Gasteiger partial charge in [-0.15, -0.1) is 0 Å². The standard InChI is InChI=1S/C30H41ClN2O4/c1-19-22-15-33(29-13-12-28(16-29,17-29)24(34)36-7)25(35)32-30(22,18-37-27(19,5)6)21-9-8-20(23(31)14-21)10-11-26(2,3)4/h8-9,14-15,19H,10-13,16-18H2,1-7H3,(H,32,35). The Kier molecular flexibility index (Phi) is 6.08. The van der Waals surface area contributed by atoms with Gasteiger partial charge in [0.05, 0.1) is 30.3 Å². The van der Waals surface area contributed by atoms with Crippen LogP contribution in [0.1, 0.15) is 84.8 Å². The lowest BCUT2D eigenvalue weighted by Gasteiger charge is -2.57. The summed E-state index contributed by atoms with van der Waals surface area (Å²) < 4.78 is 11.5. The number of aryl methyl sites for hydroxylation is 1. The monoisotopic (exact) mass is 528 g/mol. The summed E-state index contributed by atoms with van der Waals surface area (Å²) in [6, 6.07) is 6.07. The molecule has 1 N–H and O–H groups in total. The molecule has 6 rings (SSSR count). The number of carbonyl (C=O) groups is 2. The van der Waals surface area contributed by atoms with Gasteiger partial charge in [0.2, 0.25) is 0 Å². The number of ether oxygens (including phenoxy) is 2. The maximum absolute atomic E-state index is 13.8. The fraction of sp³-hybridized carbons (Fsp3) is 0.667. The molecule has 1 aromatic rings. The third-order valence-electron chi connectivity index (χ3n) is 9.69. The number of hydrogen-bond acceptors (Lipinski definition) is 4.